The summed E-state index contributed by atoms with van der Waals surface area (Å²) in [6.45, 7) is 3.89. The summed E-state index contributed by atoms with van der Waals surface area (Å²) in [6.07, 6.45) is 6.24. The highest BCUT2D eigenvalue weighted by atomic mass is 17.2. The molecule has 1 aromatic rings. The number of rotatable bonds is 5. The summed E-state index contributed by atoms with van der Waals surface area (Å²) in [5.74, 6) is 0.765. The van der Waals surface area contributed by atoms with E-state index in [4.69, 9.17) is 19.2 Å². The molecule has 138 valence electrons. The minimum absolute atomic E-state index is 0.325. The van der Waals surface area contributed by atoms with Crippen molar-refractivity contribution in [1.82, 2.24) is 0 Å². The third-order valence-electron chi connectivity index (χ3n) is 5.52. The van der Waals surface area contributed by atoms with Crippen molar-refractivity contribution in [2.75, 3.05) is 13.7 Å². The van der Waals surface area contributed by atoms with E-state index < -0.39 is 11.2 Å². The van der Waals surface area contributed by atoms with Gasteiger partial charge >= 0.3 is 5.97 Å². The second kappa shape index (κ2) is 7.34. The van der Waals surface area contributed by atoms with Gasteiger partial charge < -0.3 is 9.47 Å². The van der Waals surface area contributed by atoms with Gasteiger partial charge in [0.25, 0.3) is 0 Å². The number of esters is 1. The van der Waals surface area contributed by atoms with Crippen LogP contribution in [0, 0.1) is 5.92 Å². The Kier molecular flexibility index (Phi) is 5.35. The van der Waals surface area contributed by atoms with E-state index in [1.807, 2.05) is 24.3 Å². The van der Waals surface area contributed by atoms with Crippen molar-refractivity contribution < 1.29 is 24.0 Å². The van der Waals surface area contributed by atoms with E-state index in [2.05, 4.69) is 0 Å². The lowest BCUT2D eigenvalue weighted by molar-refractivity contribution is -0.357. The van der Waals surface area contributed by atoms with Crippen molar-refractivity contribution in [3.05, 3.63) is 29.8 Å². The van der Waals surface area contributed by atoms with Gasteiger partial charge in [-0.05, 0) is 50.3 Å². The molecular formula is C20H28O5. The van der Waals surface area contributed by atoms with Gasteiger partial charge in [-0.15, -0.1) is 0 Å². The Bertz CT molecular complexity index is 593. The molecule has 1 aromatic carbocycles. The topological polar surface area (TPSA) is 54.0 Å². The number of ether oxygens (including phenoxy) is 2. The van der Waals surface area contributed by atoms with Gasteiger partial charge in [-0.2, -0.15) is 0 Å². The number of benzene rings is 1. The molecule has 0 spiro atoms. The molecule has 1 aliphatic carbocycles. The molecule has 3 rings (SSSR count). The lowest BCUT2D eigenvalue weighted by Gasteiger charge is -2.37. The highest BCUT2D eigenvalue weighted by Crippen LogP contribution is 2.52. The van der Waals surface area contributed by atoms with Crippen molar-refractivity contribution >= 4 is 5.97 Å². The zero-order chi connectivity index (χ0) is 17.9. The summed E-state index contributed by atoms with van der Waals surface area (Å²) < 4.78 is 10.5. The standard InChI is InChI=1S/C20H28O5/c1-4-23-18(21)19(2)14-20(25-24-19,15-8-6-5-7-9-15)16-10-12-17(22-3)13-11-16/h10-13,15H,4-9,14H2,1-3H3. The Balaban J connectivity index is 1.94. The van der Waals surface area contributed by atoms with Gasteiger partial charge in [0.2, 0.25) is 5.60 Å². The summed E-state index contributed by atoms with van der Waals surface area (Å²) in [5, 5.41) is 0. The van der Waals surface area contributed by atoms with Gasteiger partial charge in [0.1, 0.15) is 11.4 Å². The Morgan fingerprint density at radius 3 is 2.44 bits per heavy atom. The molecule has 2 unspecified atom stereocenters. The average molecular weight is 348 g/mol. The molecule has 0 aromatic heterocycles. The average Bonchev–Trinajstić information content (AvgIpc) is 3.03. The Morgan fingerprint density at radius 2 is 1.84 bits per heavy atom. The zero-order valence-corrected chi connectivity index (χ0v) is 15.4. The first-order valence-electron chi connectivity index (χ1n) is 9.22. The molecular weight excluding hydrogens is 320 g/mol. The van der Waals surface area contributed by atoms with Gasteiger partial charge in [-0.1, -0.05) is 31.4 Å². The van der Waals surface area contributed by atoms with E-state index in [9.17, 15) is 4.79 Å². The van der Waals surface area contributed by atoms with Crippen LogP contribution in [0.2, 0.25) is 0 Å². The highest BCUT2D eigenvalue weighted by Gasteiger charge is 2.58. The van der Waals surface area contributed by atoms with Crippen LogP contribution in [-0.4, -0.2) is 25.3 Å². The molecule has 5 heteroatoms. The molecule has 0 bridgehead atoms. The van der Waals surface area contributed by atoms with Crippen LogP contribution in [0.1, 0.15) is 57.9 Å². The number of hydrogen-bond donors (Lipinski definition) is 0. The summed E-state index contributed by atoms with van der Waals surface area (Å²) in [4.78, 5) is 24.0. The van der Waals surface area contributed by atoms with Crippen LogP contribution in [0.3, 0.4) is 0 Å². The van der Waals surface area contributed by atoms with E-state index in [0.29, 0.717) is 18.9 Å². The lowest BCUT2D eigenvalue weighted by Crippen LogP contribution is -2.41. The smallest absolute Gasteiger partial charge is 0.341 e. The van der Waals surface area contributed by atoms with Crippen molar-refractivity contribution in [2.24, 2.45) is 5.92 Å². The fourth-order valence-corrected chi connectivity index (χ4v) is 4.16. The molecule has 0 amide bonds. The van der Waals surface area contributed by atoms with E-state index in [1.165, 1.54) is 19.3 Å². The largest absolute Gasteiger partial charge is 0.497 e. The molecule has 0 radical (unpaired) electrons. The van der Waals surface area contributed by atoms with Crippen molar-refractivity contribution in [3.8, 4) is 5.75 Å². The molecule has 5 nitrogen and oxygen atoms in total. The number of carbonyl (C=O) groups excluding carboxylic acids is 1. The quantitative estimate of drug-likeness (QED) is 0.591. The molecule has 1 aliphatic heterocycles. The van der Waals surface area contributed by atoms with Crippen molar-refractivity contribution in [1.29, 1.82) is 0 Å². The first kappa shape index (κ1) is 18.2. The van der Waals surface area contributed by atoms with Crippen molar-refractivity contribution in [2.45, 2.75) is 63.6 Å². The fourth-order valence-electron chi connectivity index (χ4n) is 4.16. The maximum Gasteiger partial charge on any atom is 0.341 e. The predicted octanol–water partition coefficient (Wildman–Crippen LogP) is 4.14. The molecule has 1 saturated carbocycles. The maximum atomic E-state index is 12.4. The van der Waals surface area contributed by atoms with E-state index >= 15 is 0 Å². The van der Waals surface area contributed by atoms with Gasteiger partial charge in [-0.25, -0.2) is 14.6 Å². The van der Waals surface area contributed by atoms with Crippen LogP contribution in [0.5, 0.6) is 5.75 Å². The Morgan fingerprint density at radius 1 is 1.16 bits per heavy atom. The van der Waals surface area contributed by atoms with Crippen LogP contribution < -0.4 is 4.74 Å². The summed E-state index contributed by atoms with van der Waals surface area (Å²) in [7, 11) is 1.65. The van der Waals surface area contributed by atoms with E-state index in [1.54, 1.807) is 21.0 Å². The molecule has 25 heavy (non-hydrogen) atoms. The number of methoxy groups -OCH3 is 1. The minimum Gasteiger partial charge on any atom is -0.497 e. The summed E-state index contributed by atoms with van der Waals surface area (Å²) in [5.41, 5.74) is -0.657. The molecule has 1 saturated heterocycles. The van der Waals surface area contributed by atoms with Gasteiger partial charge in [-0.3, -0.25) is 0 Å². The first-order valence-corrected chi connectivity index (χ1v) is 9.22. The summed E-state index contributed by atoms with van der Waals surface area (Å²) in [6, 6.07) is 7.91. The van der Waals surface area contributed by atoms with Gasteiger partial charge in [0.15, 0.2) is 0 Å². The minimum atomic E-state index is -1.08. The first-order chi connectivity index (χ1) is 12.0. The third kappa shape index (κ3) is 3.40. The second-order valence-electron chi connectivity index (χ2n) is 7.25. The van der Waals surface area contributed by atoms with E-state index in [-0.39, 0.29) is 5.97 Å². The Hall–Kier alpha value is -1.59. The van der Waals surface area contributed by atoms with Gasteiger partial charge in [0.05, 0.1) is 13.7 Å². The lowest BCUT2D eigenvalue weighted by atomic mass is 9.69. The molecule has 2 atom stereocenters. The van der Waals surface area contributed by atoms with Crippen LogP contribution in [-0.2, 0) is 24.9 Å². The van der Waals surface area contributed by atoms with Crippen molar-refractivity contribution in [3.63, 3.8) is 0 Å². The van der Waals surface area contributed by atoms with Gasteiger partial charge in [0, 0.05) is 6.42 Å². The number of carbonyl (C=O) groups is 1. The molecule has 1 heterocycles. The predicted molar refractivity (Wildman–Crippen MR) is 93.1 cm³/mol. The maximum absolute atomic E-state index is 12.4. The highest BCUT2D eigenvalue weighted by molar-refractivity contribution is 5.79. The zero-order valence-electron chi connectivity index (χ0n) is 15.4. The van der Waals surface area contributed by atoms with Crippen LogP contribution >= 0.6 is 0 Å². The fraction of sp³-hybridized carbons (Fsp3) is 0.650. The molecule has 0 N–H and O–H groups in total. The molecule has 2 fully saturated rings. The van der Waals surface area contributed by atoms with Crippen LogP contribution in [0.4, 0.5) is 0 Å². The number of hydrogen-bond acceptors (Lipinski definition) is 5. The van der Waals surface area contributed by atoms with E-state index in [0.717, 1.165) is 24.2 Å². The second-order valence-corrected chi connectivity index (χ2v) is 7.25. The third-order valence-corrected chi connectivity index (χ3v) is 5.52. The SMILES string of the molecule is CCOC(=O)C1(C)CC(c2ccc(OC)cc2)(C2CCCCC2)OO1. The Labute approximate surface area is 149 Å². The normalized spacial score (nSPS) is 30.2. The molecule has 2 aliphatic rings. The summed E-state index contributed by atoms with van der Waals surface area (Å²) >= 11 is 0. The van der Waals surface area contributed by atoms with Crippen LogP contribution in [0.15, 0.2) is 24.3 Å². The van der Waals surface area contributed by atoms with Crippen LogP contribution in [0.25, 0.3) is 0 Å². The monoisotopic (exact) mass is 348 g/mol.